The average molecular weight is 197 g/mol. The summed E-state index contributed by atoms with van der Waals surface area (Å²) >= 11 is 0. The quantitative estimate of drug-likeness (QED) is 0.756. The number of rotatable bonds is 2. The van der Waals surface area contributed by atoms with E-state index in [4.69, 9.17) is 0 Å². The third-order valence-corrected chi connectivity index (χ3v) is 1.87. The monoisotopic (exact) mass is 197 g/mol. The standard InChI is InChI=1S/C10H12FNO2/c1-3-12-10(14)7-5-9(13)6(2)4-8(7)11/h4-5,13H,3H2,1-2H3,(H,12,14). The molecule has 1 rings (SSSR count). The van der Waals surface area contributed by atoms with Crippen molar-refractivity contribution in [2.45, 2.75) is 13.8 Å². The molecule has 1 aromatic rings. The maximum atomic E-state index is 13.2. The predicted molar refractivity (Wildman–Crippen MR) is 50.8 cm³/mol. The van der Waals surface area contributed by atoms with Gasteiger partial charge in [-0.2, -0.15) is 0 Å². The Morgan fingerprint density at radius 1 is 1.57 bits per heavy atom. The molecule has 0 fully saturated rings. The van der Waals surface area contributed by atoms with Crippen molar-refractivity contribution in [3.05, 3.63) is 29.1 Å². The van der Waals surface area contributed by atoms with E-state index < -0.39 is 11.7 Å². The number of aromatic hydroxyl groups is 1. The molecule has 1 amide bonds. The molecule has 0 saturated heterocycles. The van der Waals surface area contributed by atoms with E-state index >= 15 is 0 Å². The first-order valence-electron chi connectivity index (χ1n) is 4.33. The molecular formula is C10H12FNO2. The van der Waals surface area contributed by atoms with Crippen LogP contribution in [-0.2, 0) is 0 Å². The van der Waals surface area contributed by atoms with Crippen molar-refractivity contribution in [3.8, 4) is 5.75 Å². The molecule has 0 aromatic heterocycles. The van der Waals surface area contributed by atoms with Crippen LogP contribution in [0.4, 0.5) is 4.39 Å². The Labute approximate surface area is 81.6 Å². The highest BCUT2D eigenvalue weighted by molar-refractivity contribution is 5.94. The third kappa shape index (κ3) is 2.02. The van der Waals surface area contributed by atoms with E-state index in [2.05, 4.69) is 5.32 Å². The number of hydrogen-bond donors (Lipinski definition) is 2. The van der Waals surface area contributed by atoms with Gasteiger partial charge in [0, 0.05) is 6.54 Å². The van der Waals surface area contributed by atoms with Gasteiger partial charge in [0.25, 0.3) is 5.91 Å². The van der Waals surface area contributed by atoms with Crippen molar-refractivity contribution in [3.63, 3.8) is 0 Å². The minimum Gasteiger partial charge on any atom is -0.508 e. The molecule has 0 bridgehead atoms. The van der Waals surface area contributed by atoms with Crippen molar-refractivity contribution in [2.24, 2.45) is 0 Å². The van der Waals surface area contributed by atoms with Crippen LogP contribution in [0.15, 0.2) is 12.1 Å². The summed E-state index contributed by atoms with van der Waals surface area (Å²) in [5.74, 6) is -1.21. The zero-order valence-corrected chi connectivity index (χ0v) is 8.10. The average Bonchev–Trinajstić information content (AvgIpc) is 2.11. The zero-order chi connectivity index (χ0) is 10.7. The van der Waals surface area contributed by atoms with E-state index in [-0.39, 0.29) is 11.3 Å². The molecule has 0 aliphatic rings. The van der Waals surface area contributed by atoms with Crippen LogP contribution in [0.5, 0.6) is 5.75 Å². The summed E-state index contributed by atoms with van der Waals surface area (Å²) in [5.41, 5.74) is 0.283. The van der Waals surface area contributed by atoms with E-state index in [0.717, 1.165) is 12.1 Å². The maximum absolute atomic E-state index is 13.2. The first-order valence-corrected chi connectivity index (χ1v) is 4.33. The molecule has 0 aliphatic carbocycles. The topological polar surface area (TPSA) is 49.3 Å². The summed E-state index contributed by atoms with van der Waals surface area (Å²) in [5, 5.41) is 11.8. The number of aryl methyl sites for hydroxylation is 1. The number of hydrogen-bond acceptors (Lipinski definition) is 2. The molecule has 0 aliphatic heterocycles. The molecule has 0 saturated carbocycles. The molecule has 0 atom stereocenters. The highest BCUT2D eigenvalue weighted by Crippen LogP contribution is 2.20. The lowest BCUT2D eigenvalue weighted by atomic mass is 10.1. The SMILES string of the molecule is CCNC(=O)c1cc(O)c(C)cc1F. The summed E-state index contributed by atoms with van der Waals surface area (Å²) in [4.78, 5) is 11.3. The van der Waals surface area contributed by atoms with Crippen molar-refractivity contribution >= 4 is 5.91 Å². The van der Waals surface area contributed by atoms with E-state index in [1.165, 1.54) is 0 Å². The van der Waals surface area contributed by atoms with Crippen molar-refractivity contribution in [1.29, 1.82) is 0 Å². The van der Waals surface area contributed by atoms with Gasteiger partial charge in [-0.3, -0.25) is 4.79 Å². The van der Waals surface area contributed by atoms with Crippen molar-refractivity contribution < 1.29 is 14.3 Å². The molecule has 0 spiro atoms. The fourth-order valence-electron chi connectivity index (χ4n) is 1.09. The largest absolute Gasteiger partial charge is 0.508 e. The lowest BCUT2D eigenvalue weighted by Crippen LogP contribution is -2.23. The second-order valence-electron chi connectivity index (χ2n) is 2.98. The van der Waals surface area contributed by atoms with E-state index in [1.54, 1.807) is 13.8 Å². The van der Waals surface area contributed by atoms with E-state index in [9.17, 15) is 14.3 Å². The molecule has 14 heavy (non-hydrogen) atoms. The van der Waals surface area contributed by atoms with Crippen LogP contribution in [0.25, 0.3) is 0 Å². The first kappa shape index (κ1) is 10.5. The highest BCUT2D eigenvalue weighted by Gasteiger charge is 2.12. The molecule has 76 valence electrons. The lowest BCUT2D eigenvalue weighted by Gasteiger charge is -2.05. The Balaban J connectivity index is 3.09. The Bertz CT molecular complexity index is 363. The fraction of sp³-hybridized carbons (Fsp3) is 0.300. The van der Waals surface area contributed by atoms with E-state index in [1.807, 2.05) is 0 Å². The molecule has 2 N–H and O–H groups in total. The Kier molecular flexibility index (Phi) is 3.06. The third-order valence-electron chi connectivity index (χ3n) is 1.87. The minimum atomic E-state index is -0.619. The lowest BCUT2D eigenvalue weighted by molar-refractivity contribution is 0.0951. The van der Waals surface area contributed by atoms with Crippen LogP contribution in [0.2, 0.25) is 0 Å². The van der Waals surface area contributed by atoms with Crippen LogP contribution in [0.3, 0.4) is 0 Å². The van der Waals surface area contributed by atoms with Crippen LogP contribution in [0, 0.1) is 12.7 Å². The van der Waals surface area contributed by atoms with Gasteiger partial charge in [0.15, 0.2) is 0 Å². The Morgan fingerprint density at radius 2 is 2.21 bits per heavy atom. The molecule has 1 aromatic carbocycles. The summed E-state index contributed by atoms with van der Waals surface area (Å²) < 4.78 is 13.2. The smallest absolute Gasteiger partial charge is 0.254 e. The maximum Gasteiger partial charge on any atom is 0.254 e. The second kappa shape index (κ2) is 4.09. The number of nitrogens with one attached hydrogen (secondary N) is 1. The summed E-state index contributed by atoms with van der Waals surface area (Å²) in [6.45, 7) is 3.73. The number of phenols is 1. The van der Waals surface area contributed by atoms with Crippen molar-refractivity contribution in [2.75, 3.05) is 6.54 Å². The zero-order valence-electron chi connectivity index (χ0n) is 8.10. The predicted octanol–water partition coefficient (Wildman–Crippen LogP) is 1.59. The van der Waals surface area contributed by atoms with Gasteiger partial charge in [0.2, 0.25) is 0 Å². The van der Waals surface area contributed by atoms with Crippen molar-refractivity contribution in [1.82, 2.24) is 5.32 Å². The first-order chi connectivity index (χ1) is 6.56. The van der Waals surface area contributed by atoms with E-state index in [0.29, 0.717) is 12.1 Å². The van der Waals surface area contributed by atoms with Gasteiger partial charge in [-0.05, 0) is 31.5 Å². The van der Waals surface area contributed by atoms with Gasteiger partial charge in [-0.15, -0.1) is 0 Å². The summed E-state index contributed by atoms with van der Waals surface area (Å²) in [7, 11) is 0. The van der Waals surface area contributed by atoms with Crippen LogP contribution in [-0.4, -0.2) is 17.6 Å². The van der Waals surface area contributed by atoms with Crippen LogP contribution >= 0.6 is 0 Å². The molecule has 0 unspecified atom stereocenters. The van der Waals surface area contributed by atoms with Crippen LogP contribution < -0.4 is 5.32 Å². The van der Waals surface area contributed by atoms with Crippen LogP contribution in [0.1, 0.15) is 22.8 Å². The van der Waals surface area contributed by atoms with Gasteiger partial charge in [0.1, 0.15) is 11.6 Å². The highest BCUT2D eigenvalue weighted by atomic mass is 19.1. The molecular weight excluding hydrogens is 185 g/mol. The summed E-state index contributed by atoms with van der Waals surface area (Å²) in [6, 6.07) is 2.27. The minimum absolute atomic E-state index is 0.0762. The Hall–Kier alpha value is -1.58. The van der Waals surface area contributed by atoms with Gasteiger partial charge in [-0.1, -0.05) is 0 Å². The molecule has 0 heterocycles. The summed E-state index contributed by atoms with van der Waals surface area (Å²) in [6.07, 6.45) is 0. The Morgan fingerprint density at radius 3 is 2.79 bits per heavy atom. The van der Waals surface area contributed by atoms with Gasteiger partial charge >= 0.3 is 0 Å². The number of carbonyl (C=O) groups is 1. The fourth-order valence-corrected chi connectivity index (χ4v) is 1.09. The number of benzene rings is 1. The molecule has 0 radical (unpaired) electrons. The number of halogens is 1. The van der Waals surface area contributed by atoms with Gasteiger partial charge < -0.3 is 10.4 Å². The molecule has 4 heteroatoms. The van der Waals surface area contributed by atoms with Gasteiger partial charge in [-0.25, -0.2) is 4.39 Å². The molecule has 3 nitrogen and oxygen atoms in total. The number of carbonyl (C=O) groups excluding carboxylic acids is 1. The van der Waals surface area contributed by atoms with Gasteiger partial charge in [0.05, 0.1) is 5.56 Å². The normalized spacial score (nSPS) is 9.93. The number of amides is 1. The second-order valence-corrected chi connectivity index (χ2v) is 2.98. The number of phenolic OH excluding ortho intramolecular Hbond substituents is 1.